The summed E-state index contributed by atoms with van der Waals surface area (Å²) in [6, 6.07) is 2.63. The third-order valence-corrected chi connectivity index (χ3v) is 5.11. The van der Waals surface area contributed by atoms with Gasteiger partial charge in [-0.3, -0.25) is 0 Å². The molecule has 1 aromatic rings. The topological polar surface area (TPSA) is 34.4 Å². The molecule has 112 valence electrons. The molecule has 2 atom stereocenters. The zero-order valence-corrected chi connectivity index (χ0v) is 13.0. The van der Waals surface area contributed by atoms with Crippen LogP contribution in [0.3, 0.4) is 0 Å². The zero-order valence-electron chi connectivity index (χ0n) is 13.0. The quantitative estimate of drug-likeness (QED) is 0.906. The molecule has 1 aromatic heterocycles. The van der Waals surface area contributed by atoms with E-state index in [-0.39, 0.29) is 5.60 Å². The fourth-order valence-corrected chi connectivity index (χ4v) is 3.98. The van der Waals surface area contributed by atoms with Crippen LogP contribution in [0.5, 0.6) is 0 Å². The summed E-state index contributed by atoms with van der Waals surface area (Å²) in [5, 5.41) is 3.69. The van der Waals surface area contributed by atoms with Crippen LogP contribution >= 0.6 is 0 Å². The highest BCUT2D eigenvalue weighted by molar-refractivity contribution is 5.25. The number of rotatable bonds is 4. The fraction of sp³-hybridized carbons (Fsp3) is 0.765. The molecule has 1 N–H and O–H groups in total. The lowest BCUT2D eigenvalue weighted by molar-refractivity contribution is -0.147. The summed E-state index contributed by atoms with van der Waals surface area (Å²) >= 11 is 0. The summed E-state index contributed by atoms with van der Waals surface area (Å²) < 4.78 is 11.8. The minimum atomic E-state index is 0.212. The highest BCUT2D eigenvalue weighted by atomic mass is 16.5. The monoisotopic (exact) mass is 277 g/mol. The second-order valence-electron chi connectivity index (χ2n) is 6.54. The van der Waals surface area contributed by atoms with Crippen LogP contribution in [-0.2, 0) is 4.74 Å². The molecule has 1 aliphatic carbocycles. The number of hydrogen-bond donors (Lipinski definition) is 1. The Morgan fingerprint density at radius 1 is 1.40 bits per heavy atom. The van der Waals surface area contributed by atoms with Gasteiger partial charge in [0.1, 0.15) is 11.5 Å². The molecule has 0 aromatic carbocycles. The normalized spacial score (nSPS) is 26.4. The fourth-order valence-electron chi connectivity index (χ4n) is 3.98. The molecule has 0 amide bonds. The second kappa shape index (κ2) is 5.53. The van der Waals surface area contributed by atoms with E-state index < -0.39 is 0 Å². The summed E-state index contributed by atoms with van der Waals surface area (Å²) in [7, 11) is 0. The van der Waals surface area contributed by atoms with Gasteiger partial charge in [0.2, 0.25) is 0 Å². The van der Waals surface area contributed by atoms with E-state index in [1.165, 1.54) is 31.2 Å². The Morgan fingerprint density at radius 3 is 2.75 bits per heavy atom. The Labute approximate surface area is 122 Å². The van der Waals surface area contributed by atoms with Crippen molar-refractivity contribution in [2.24, 2.45) is 5.92 Å². The first kappa shape index (κ1) is 14.2. The molecular weight excluding hydrogens is 250 g/mol. The average Bonchev–Trinajstić information content (AvgIpc) is 2.73. The first-order valence-electron chi connectivity index (χ1n) is 8.08. The van der Waals surface area contributed by atoms with Crippen molar-refractivity contribution in [2.45, 2.75) is 64.5 Å². The van der Waals surface area contributed by atoms with E-state index in [9.17, 15) is 0 Å². The molecule has 1 aliphatic heterocycles. The minimum Gasteiger partial charge on any atom is -0.466 e. The maximum absolute atomic E-state index is 6.08. The lowest BCUT2D eigenvalue weighted by Crippen LogP contribution is -2.48. The first-order valence-corrected chi connectivity index (χ1v) is 8.08. The number of furan rings is 1. The number of hydrogen-bond acceptors (Lipinski definition) is 3. The summed E-state index contributed by atoms with van der Waals surface area (Å²) in [4.78, 5) is 0. The predicted molar refractivity (Wildman–Crippen MR) is 79.9 cm³/mol. The lowest BCUT2D eigenvalue weighted by atomic mass is 9.69. The van der Waals surface area contributed by atoms with E-state index in [2.05, 4.69) is 25.2 Å². The van der Waals surface area contributed by atoms with Crippen LogP contribution in [0, 0.1) is 19.8 Å². The van der Waals surface area contributed by atoms with Gasteiger partial charge in [-0.05, 0) is 64.5 Å². The molecule has 2 aliphatic rings. The van der Waals surface area contributed by atoms with Crippen molar-refractivity contribution < 1.29 is 9.15 Å². The van der Waals surface area contributed by atoms with Crippen LogP contribution in [0.25, 0.3) is 0 Å². The van der Waals surface area contributed by atoms with Gasteiger partial charge in [0.15, 0.2) is 0 Å². The minimum absolute atomic E-state index is 0.212. The largest absolute Gasteiger partial charge is 0.466 e. The van der Waals surface area contributed by atoms with E-state index >= 15 is 0 Å². The average molecular weight is 277 g/mol. The molecule has 1 saturated heterocycles. The van der Waals surface area contributed by atoms with Gasteiger partial charge in [-0.25, -0.2) is 0 Å². The van der Waals surface area contributed by atoms with E-state index in [4.69, 9.17) is 9.15 Å². The number of ether oxygens (including phenoxy) is 1. The Bertz CT molecular complexity index is 462. The van der Waals surface area contributed by atoms with Crippen LogP contribution < -0.4 is 5.32 Å². The van der Waals surface area contributed by atoms with Crippen LogP contribution in [0.15, 0.2) is 10.5 Å². The first-order chi connectivity index (χ1) is 9.63. The van der Waals surface area contributed by atoms with Crippen molar-refractivity contribution in [3.63, 3.8) is 0 Å². The maximum Gasteiger partial charge on any atom is 0.105 e. The van der Waals surface area contributed by atoms with Crippen LogP contribution in [0.2, 0.25) is 0 Å². The molecule has 0 radical (unpaired) electrons. The van der Waals surface area contributed by atoms with E-state index in [0.29, 0.717) is 12.0 Å². The van der Waals surface area contributed by atoms with Gasteiger partial charge >= 0.3 is 0 Å². The standard InChI is InChI=1S/C17H27NO2/c1-4-18-16(15-10-12(2)20-13(15)3)14-6-9-19-17(11-14)7-5-8-17/h10,14,16,18H,4-9,11H2,1-3H3. The summed E-state index contributed by atoms with van der Waals surface area (Å²) in [5.41, 5.74) is 1.56. The molecule has 20 heavy (non-hydrogen) atoms. The van der Waals surface area contributed by atoms with Gasteiger partial charge in [0.05, 0.1) is 5.60 Å². The van der Waals surface area contributed by atoms with Gasteiger partial charge in [-0.2, -0.15) is 0 Å². The van der Waals surface area contributed by atoms with Crippen molar-refractivity contribution in [3.05, 3.63) is 23.2 Å². The summed E-state index contributed by atoms with van der Waals surface area (Å²) in [6.07, 6.45) is 6.21. The third kappa shape index (κ3) is 2.53. The second-order valence-corrected chi connectivity index (χ2v) is 6.54. The molecule has 1 saturated carbocycles. The Morgan fingerprint density at radius 2 is 2.20 bits per heavy atom. The summed E-state index contributed by atoms with van der Waals surface area (Å²) in [5.74, 6) is 2.76. The number of aryl methyl sites for hydroxylation is 2. The number of nitrogens with one attached hydrogen (secondary N) is 1. The summed E-state index contributed by atoms with van der Waals surface area (Å²) in [6.45, 7) is 8.23. The van der Waals surface area contributed by atoms with E-state index in [0.717, 1.165) is 31.1 Å². The van der Waals surface area contributed by atoms with Crippen molar-refractivity contribution in [1.82, 2.24) is 5.32 Å². The van der Waals surface area contributed by atoms with Gasteiger partial charge < -0.3 is 14.5 Å². The molecule has 3 rings (SSSR count). The van der Waals surface area contributed by atoms with E-state index in [1.807, 2.05) is 6.92 Å². The lowest BCUT2D eigenvalue weighted by Gasteiger charge is -2.48. The Balaban J connectivity index is 1.81. The highest BCUT2D eigenvalue weighted by Gasteiger charge is 2.44. The highest BCUT2D eigenvalue weighted by Crippen LogP contribution is 2.47. The van der Waals surface area contributed by atoms with Crippen LogP contribution in [0.1, 0.15) is 62.2 Å². The van der Waals surface area contributed by atoms with Gasteiger partial charge in [-0.1, -0.05) is 6.92 Å². The van der Waals surface area contributed by atoms with Gasteiger partial charge in [-0.15, -0.1) is 0 Å². The van der Waals surface area contributed by atoms with Crippen molar-refractivity contribution in [1.29, 1.82) is 0 Å². The van der Waals surface area contributed by atoms with Crippen molar-refractivity contribution >= 4 is 0 Å². The Hall–Kier alpha value is -0.800. The zero-order chi connectivity index (χ0) is 14.2. The van der Waals surface area contributed by atoms with Crippen LogP contribution in [-0.4, -0.2) is 18.8 Å². The molecule has 2 heterocycles. The van der Waals surface area contributed by atoms with Gasteiger partial charge in [0.25, 0.3) is 0 Å². The molecule has 3 nitrogen and oxygen atoms in total. The predicted octanol–water partition coefficient (Wildman–Crippen LogP) is 3.90. The molecule has 3 heteroatoms. The molecule has 0 bridgehead atoms. The molecular formula is C17H27NO2. The SMILES string of the molecule is CCNC(c1cc(C)oc1C)C1CCOC2(CCC2)C1. The van der Waals surface area contributed by atoms with Crippen molar-refractivity contribution in [3.8, 4) is 0 Å². The molecule has 2 fully saturated rings. The van der Waals surface area contributed by atoms with Gasteiger partial charge in [0, 0.05) is 18.2 Å². The third-order valence-electron chi connectivity index (χ3n) is 5.11. The molecule has 1 spiro atoms. The van der Waals surface area contributed by atoms with Crippen LogP contribution in [0.4, 0.5) is 0 Å². The molecule has 2 unspecified atom stereocenters. The smallest absolute Gasteiger partial charge is 0.105 e. The van der Waals surface area contributed by atoms with Crippen molar-refractivity contribution in [2.75, 3.05) is 13.2 Å². The Kier molecular flexibility index (Phi) is 3.91. The maximum atomic E-state index is 6.08. The van der Waals surface area contributed by atoms with E-state index in [1.54, 1.807) is 0 Å².